The molecule has 27 heavy (non-hydrogen) atoms. The van der Waals surface area contributed by atoms with Crippen LogP contribution < -0.4 is 9.47 Å². The predicted octanol–water partition coefficient (Wildman–Crippen LogP) is 4.79. The van der Waals surface area contributed by atoms with Gasteiger partial charge < -0.3 is 9.47 Å². The molecule has 0 unspecified atom stereocenters. The third-order valence-electron chi connectivity index (χ3n) is 3.84. The second-order valence-electron chi connectivity index (χ2n) is 5.54. The lowest BCUT2D eigenvalue weighted by molar-refractivity contribution is 0.101. The van der Waals surface area contributed by atoms with Crippen molar-refractivity contribution in [2.45, 2.75) is 5.03 Å². The van der Waals surface area contributed by atoms with Gasteiger partial charge in [-0.3, -0.25) is 4.79 Å². The molecule has 5 nitrogen and oxygen atoms in total. The molecule has 0 aliphatic heterocycles. The topological polar surface area (TPSA) is 61.3 Å². The van der Waals surface area contributed by atoms with E-state index in [-0.39, 0.29) is 11.5 Å². The third-order valence-corrected chi connectivity index (χ3v) is 5.01. The Bertz CT molecular complexity index is 931. The molecule has 0 atom stereocenters. The summed E-state index contributed by atoms with van der Waals surface area (Å²) in [6, 6.07) is 16.3. The van der Waals surface area contributed by atoms with Gasteiger partial charge in [0.05, 0.1) is 31.2 Å². The summed E-state index contributed by atoms with van der Waals surface area (Å²) in [4.78, 5) is 12.6. The van der Waals surface area contributed by atoms with Crippen molar-refractivity contribution in [2.24, 2.45) is 0 Å². The van der Waals surface area contributed by atoms with Gasteiger partial charge in [0.15, 0.2) is 5.78 Å². The maximum Gasteiger partial charge on any atom is 0.177 e. The number of hydrogen-bond acceptors (Lipinski definition) is 6. The molecule has 0 N–H and O–H groups in total. The quantitative estimate of drug-likeness (QED) is 0.419. The molecule has 3 aromatic rings. The maximum atomic E-state index is 12.6. The van der Waals surface area contributed by atoms with Gasteiger partial charge in [-0.05, 0) is 42.5 Å². The van der Waals surface area contributed by atoms with E-state index in [9.17, 15) is 4.79 Å². The highest BCUT2D eigenvalue weighted by Crippen LogP contribution is 2.27. The number of benzene rings is 2. The van der Waals surface area contributed by atoms with Crippen LogP contribution in [0, 0.1) is 0 Å². The maximum absolute atomic E-state index is 12.6. The lowest BCUT2D eigenvalue weighted by atomic mass is 10.1. The first-order valence-corrected chi connectivity index (χ1v) is 9.45. The molecule has 2 aromatic carbocycles. The van der Waals surface area contributed by atoms with Gasteiger partial charge in [-0.15, -0.1) is 10.2 Å². The van der Waals surface area contributed by atoms with Crippen LogP contribution in [0.3, 0.4) is 0 Å². The van der Waals surface area contributed by atoms with Crippen LogP contribution in [0.5, 0.6) is 11.5 Å². The number of rotatable bonds is 7. The second-order valence-corrected chi connectivity index (χ2v) is 6.97. The minimum atomic E-state index is -0.0701. The normalized spacial score (nSPS) is 10.5. The van der Waals surface area contributed by atoms with Crippen LogP contribution in [-0.2, 0) is 0 Å². The predicted molar refractivity (Wildman–Crippen MR) is 107 cm³/mol. The van der Waals surface area contributed by atoms with Crippen molar-refractivity contribution in [3.8, 4) is 22.8 Å². The summed E-state index contributed by atoms with van der Waals surface area (Å²) in [5.41, 5.74) is 2.16. The first kappa shape index (κ1) is 19.2. The number of thioether (sulfide) groups is 1. The Morgan fingerprint density at radius 2 is 1.78 bits per heavy atom. The molecule has 1 heterocycles. The molecule has 0 spiro atoms. The average molecular weight is 401 g/mol. The Hall–Kier alpha value is -2.57. The van der Waals surface area contributed by atoms with Crippen LogP contribution in [0.4, 0.5) is 0 Å². The summed E-state index contributed by atoms with van der Waals surface area (Å²) in [6.45, 7) is 0. The fraction of sp³-hybridized carbons (Fsp3) is 0.150. The van der Waals surface area contributed by atoms with Crippen LogP contribution in [0.2, 0.25) is 5.02 Å². The zero-order valence-corrected chi connectivity index (χ0v) is 16.4. The fourth-order valence-corrected chi connectivity index (χ4v) is 3.24. The van der Waals surface area contributed by atoms with Crippen molar-refractivity contribution in [3.63, 3.8) is 0 Å². The van der Waals surface area contributed by atoms with Gasteiger partial charge in [0.1, 0.15) is 16.5 Å². The Kier molecular flexibility index (Phi) is 6.32. The molecular weight excluding hydrogens is 384 g/mol. The number of nitrogens with zero attached hydrogens (tertiary/aromatic N) is 2. The minimum absolute atomic E-state index is 0.0701. The highest BCUT2D eigenvalue weighted by atomic mass is 35.5. The van der Waals surface area contributed by atoms with E-state index in [0.29, 0.717) is 27.1 Å². The molecule has 0 fully saturated rings. The summed E-state index contributed by atoms with van der Waals surface area (Å²) >= 11 is 7.22. The van der Waals surface area contributed by atoms with Crippen LogP contribution in [0.25, 0.3) is 11.3 Å². The molecule has 0 amide bonds. The van der Waals surface area contributed by atoms with Crippen molar-refractivity contribution < 1.29 is 14.3 Å². The smallest absolute Gasteiger partial charge is 0.177 e. The summed E-state index contributed by atoms with van der Waals surface area (Å²) in [5, 5.41) is 9.75. The zero-order valence-electron chi connectivity index (χ0n) is 14.8. The fourth-order valence-electron chi connectivity index (χ4n) is 2.42. The van der Waals surface area contributed by atoms with E-state index in [1.165, 1.54) is 18.9 Å². The molecule has 0 aliphatic rings. The number of aromatic nitrogens is 2. The molecule has 0 saturated carbocycles. The van der Waals surface area contributed by atoms with E-state index in [0.717, 1.165) is 11.3 Å². The number of methoxy groups -OCH3 is 2. The van der Waals surface area contributed by atoms with Crippen LogP contribution in [0.1, 0.15) is 10.4 Å². The molecule has 0 saturated heterocycles. The number of Topliss-reactive ketones (excluding diaryl/α,β-unsaturated/α-hetero) is 1. The number of ether oxygens (including phenoxy) is 2. The van der Waals surface area contributed by atoms with Gasteiger partial charge in [0.25, 0.3) is 0 Å². The number of ketones is 1. The van der Waals surface area contributed by atoms with Crippen molar-refractivity contribution in [2.75, 3.05) is 20.0 Å². The van der Waals surface area contributed by atoms with E-state index in [1.54, 1.807) is 37.4 Å². The Morgan fingerprint density at radius 1 is 1.00 bits per heavy atom. The van der Waals surface area contributed by atoms with Gasteiger partial charge in [-0.2, -0.15) is 0 Å². The largest absolute Gasteiger partial charge is 0.497 e. The zero-order chi connectivity index (χ0) is 19.2. The highest BCUT2D eigenvalue weighted by Gasteiger charge is 2.14. The Balaban J connectivity index is 1.68. The Labute approximate surface area is 166 Å². The summed E-state index contributed by atoms with van der Waals surface area (Å²) < 4.78 is 10.5. The van der Waals surface area contributed by atoms with Crippen molar-refractivity contribution in [3.05, 3.63) is 65.2 Å². The SMILES string of the molecule is COc1ccc(OC)c(C(=O)CSc2ccc(-c3ccc(Cl)cc3)nn2)c1. The first-order chi connectivity index (χ1) is 13.1. The standard InChI is InChI=1S/C20H17ClN2O3S/c1-25-15-7-9-19(26-2)16(11-15)18(24)12-27-20-10-8-17(22-23-20)13-3-5-14(21)6-4-13/h3-11H,12H2,1-2H3. The van der Waals surface area contributed by atoms with Gasteiger partial charge in [-0.25, -0.2) is 0 Å². The average Bonchev–Trinajstić information content (AvgIpc) is 2.72. The lowest BCUT2D eigenvalue weighted by Gasteiger charge is -2.09. The molecular formula is C20H17ClN2O3S. The highest BCUT2D eigenvalue weighted by molar-refractivity contribution is 7.99. The van der Waals surface area contributed by atoms with Gasteiger partial charge >= 0.3 is 0 Å². The van der Waals surface area contributed by atoms with Crippen molar-refractivity contribution in [1.82, 2.24) is 10.2 Å². The molecule has 3 rings (SSSR count). The molecule has 0 radical (unpaired) electrons. The summed E-state index contributed by atoms with van der Waals surface area (Å²) in [5.74, 6) is 1.28. The second kappa shape index (κ2) is 8.88. The van der Waals surface area contributed by atoms with E-state index < -0.39 is 0 Å². The van der Waals surface area contributed by atoms with Crippen LogP contribution >= 0.6 is 23.4 Å². The van der Waals surface area contributed by atoms with E-state index in [2.05, 4.69) is 10.2 Å². The monoisotopic (exact) mass is 400 g/mol. The molecule has 1 aromatic heterocycles. The van der Waals surface area contributed by atoms with E-state index in [4.69, 9.17) is 21.1 Å². The Morgan fingerprint density at radius 3 is 2.41 bits per heavy atom. The third kappa shape index (κ3) is 4.78. The van der Waals surface area contributed by atoms with Gasteiger partial charge in [0, 0.05) is 10.6 Å². The number of carbonyl (C=O) groups is 1. The summed E-state index contributed by atoms with van der Waals surface area (Å²) in [7, 11) is 3.09. The van der Waals surface area contributed by atoms with Crippen LogP contribution in [0.15, 0.2) is 59.6 Å². The van der Waals surface area contributed by atoms with Gasteiger partial charge in [0.2, 0.25) is 0 Å². The molecule has 0 bridgehead atoms. The summed E-state index contributed by atoms with van der Waals surface area (Å²) in [6.07, 6.45) is 0. The number of carbonyl (C=O) groups excluding carboxylic acids is 1. The van der Waals surface area contributed by atoms with E-state index in [1.807, 2.05) is 24.3 Å². The first-order valence-electron chi connectivity index (χ1n) is 8.08. The molecule has 138 valence electrons. The van der Waals surface area contributed by atoms with E-state index >= 15 is 0 Å². The van der Waals surface area contributed by atoms with Crippen LogP contribution in [-0.4, -0.2) is 36.0 Å². The van der Waals surface area contributed by atoms with Crippen molar-refractivity contribution in [1.29, 1.82) is 0 Å². The minimum Gasteiger partial charge on any atom is -0.497 e. The number of hydrogen-bond donors (Lipinski definition) is 0. The molecule has 0 aliphatic carbocycles. The lowest BCUT2D eigenvalue weighted by Crippen LogP contribution is -2.06. The van der Waals surface area contributed by atoms with Gasteiger partial charge in [-0.1, -0.05) is 35.5 Å². The number of halogens is 1. The van der Waals surface area contributed by atoms with Crippen molar-refractivity contribution >= 4 is 29.1 Å². The molecule has 7 heteroatoms.